The second-order valence-electron chi connectivity index (χ2n) is 13.2. The van der Waals surface area contributed by atoms with Gasteiger partial charge in [0, 0.05) is 37.6 Å². The van der Waals surface area contributed by atoms with Gasteiger partial charge in [-0.25, -0.2) is 4.79 Å². The first-order valence-electron chi connectivity index (χ1n) is 16.4. The summed E-state index contributed by atoms with van der Waals surface area (Å²) in [6.45, 7) is 14.8. The molecule has 4 N–H and O–H groups in total. The van der Waals surface area contributed by atoms with E-state index in [2.05, 4.69) is 21.3 Å². The number of imide groups is 1. The molecule has 0 aromatic heterocycles. The van der Waals surface area contributed by atoms with Crippen LogP contribution in [-0.2, 0) is 38.3 Å². The van der Waals surface area contributed by atoms with Gasteiger partial charge in [-0.1, -0.05) is 34.1 Å². The van der Waals surface area contributed by atoms with E-state index in [1.807, 2.05) is 13.8 Å². The average Bonchev–Trinajstić information content (AvgIpc) is 3.29. The van der Waals surface area contributed by atoms with Crippen LogP contribution in [0.4, 0.5) is 0 Å². The molecule has 260 valence electrons. The van der Waals surface area contributed by atoms with E-state index in [1.54, 1.807) is 34.6 Å². The summed E-state index contributed by atoms with van der Waals surface area (Å²) in [6, 6.07) is -2.84. The highest BCUT2D eigenvalue weighted by molar-refractivity contribution is 6.12. The molecule has 0 radical (unpaired) electrons. The summed E-state index contributed by atoms with van der Waals surface area (Å²) in [4.78, 5) is 88.1. The van der Waals surface area contributed by atoms with Crippen LogP contribution >= 0.6 is 0 Å². The number of esters is 1. The Kier molecular flexibility index (Phi) is 17.2. The minimum absolute atomic E-state index is 0.0247. The van der Waals surface area contributed by atoms with E-state index in [9.17, 15) is 33.6 Å². The first-order valence-corrected chi connectivity index (χ1v) is 16.4. The van der Waals surface area contributed by atoms with E-state index < -0.39 is 41.5 Å². The summed E-state index contributed by atoms with van der Waals surface area (Å²) < 4.78 is 5.51. The van der Waals surface area contributed by atoms with Gasteiger partial charge in [-0.15, -0.1) is 0 Å². The molecule has 0 fully saturated rings. The summed E-state index contributed by atoms with van der Waals surface area (Å²) in [5.74, 6) is -3.07. The first kappa shape index (κ1) is 40.3. The summed E-state index contributed by atoms with van der Waals surface area (Å²) >= 11 is 0. The van der Waals surface area contributed by atoms with Crippen molar-refractivity contribution in [1.82, 2.24) is 26.2 Å². The van der Waals surface area contributed by atoms with Crippen LogP contribution in [0.25, 0.3) is 0 Å². The van der Waals surface area contributed by atoms with Gasteiger partial charge in [0.05, 0.1) is 0 Å². The number of hydrogen-bond acceptors (Lipinski definition) is 8. The molecule has 1 aliphatic heterocycles. The van der Waals surface area contributed by atoms with Crippen molar-refractivity contribution in [3.63, 3.8) is 0 Å². The Hall–Kier alpha value is -3.77. The van der Waals surface area contributed by atoms with Crippen LogP contribution in [0.3, 0.4) is 0 Å². The lowest BCUT2D eigenvalue weighted by Gasteiger charge is -2.27. The Balaban J connectivity index is 2.63. The van der Waals surface area contributed by atoms with Crippen molar-refractivity contribution in [2.45, 2.75) is 130 Å². The zero-order valence-electron chi connectivity index (χ0n) is 28.8. The molecule has 1 aliphatic rings. The Bertz CT molecular complexity index is 1100. The number of ether oxygens (including phenoxy) is 1. The average molecular weight is 650 g/mol. The van der Waals surface area contributed by atoms with E-state index in [-0.39, 0.29) is 54.9 Å². The number of amides is 6. The predicted octanol–water partition coefficient (Wildman–Crippen LogP) is 2.28. The van der Waals surface area contributed by atoms with Gasteiger partial charge in [-0.05, 0) is 72.1 Å². The van der Waals surface area contributed by atoms with Crippen molar-refractivity contribution < 1.29 is 38.3 Å². The maximum absolute atomic E-state index is 13.1. The second kappa shape index (κ2) is 19.7. The van der Waals surface area contributed by atoms with E-state index in [1.165, 1.54) is 19.1 Å². The second-order valence-corrected chi connectivity index (χ2v) is 13.2. The fourth-order valence-corrected chi connectivity index (χ4v) is 4.50. The molecular weight excluding hydrogens is 594 g/mol. The van der Waals surface area contributed by atoms with Crippen LogP contribution in [0.5, 0.6) is 0 Å². The van der Waals surface area contributed by atoms with Crippen molar-refractivity contribution in [3.05, 3.63) is 12.2 Å². The summed E-state index contributed by atoms with van der Waals surface area (Å²) in [6.07, 6.45) is 6.49. The maximum atomic E-state index is 13.1. The molecular formula is C33H55N5O8. The van der Waals surface area contributed by atoms with Gasteiger partial charge >= 0.3 is 5.97 Å². The summed E-state index contributed by atoms with van der Waals surface area (Å²) in [7, 11) is 0. The molecule has 13 nitrogen and oxygen atoms in total. The Morgan fingerprint density at radius 2 is 1.43 bits per heavy atom. The number of carbonyl (C=O) groups is 7. The predicted molar refractivity (Wildman–Crippen MR) is 173 cm³/mol. The van der Waals surface area contributed by atoms with Crippen LogP contribution in [0, 0.1) is 11.8 Å². The molecule has 4 atom stereocenters. The van der Waals surface area contributed by atoms with Crippen LogP contribution in [0.15, 0.2) is 12.2 Å². The number of nitrogens with zero attached hydrogens (tertiary/aromatic N) is 1. The van der Waals surface area contributed by atoms with Gasteiger partial charge in [0.15, 0.2) is 0 Å². The highest BCUT2D eigenvalue weighted by Crippen LogP contribution is 2.13. The van der Waals surface area contributed by atoms with Crippen LogP contribution in [0.2, 0.25) is 0 Å². The molecule has 0 aromatic carbocycles. The molecule has 0 saturated carbocycles. The fraction of sp³-hybridized carbons (Fsp3) is 0.727. The standard InChI is InChI=1S/C33H55N5O8/c1-9-22(4)29(42)34-19-13-12-15-24(32(45)46-33(6,7)8)36-30(43)23(5)35-31(44)28(21(2)3)37-25(39)16-11-10-14-20-38-26(40)17-18-27(38)41/h17-18,21-24,28H,9-16,19-20H2,1-8H3,(H,34,42)(H,35,44)(H,36,43)(H,37,39)/t22?,23-,24-,28-/m0/s1. The molecule has 13 heteroatoms. The number of hydrogen-bond donors (Lipinski definition) is 4. The molecule has 1 unspecified atom stereocenters. The van der Waals surface area contributed by atoms with Crippen LogP contribution in [-0.4, -0.2) is 83.1 Å². The minimum atomic E-state index is -1.00. The lowest BCUT2D eigenvalue weighted by atomic mass is 10.0. The van der Waals surface area contributed by atoms with Crippen molar-refractivity contribution in [2.75, 3.05) is 13.1 Å². The van der Waals surface area contributed by atoms with E-state index in [0.717, 1.165) is 11.3 Å². The van der Waals surface area contributed by atoms with Crippen LogP contribution in [0.1, 0.15) is 107 Å². The van der Waals surface area contributed by atoms with E-state index >= 15 is 0 Å². The third-order valence-corrected chi connectivity index (χ3v) is 7.49. The minimum Gasteiger partial charge on any atom is -0.458 e. The largest absolute Gasteiger partial charge is 0.458 e. The molecule has 0 spiro atoms. The van der Waals surface area contributed by atoms with E-state index in [4.69, 9.17) is 4.74 Å². The number of rotatable bonds is 20. The number of carbonyl (C=O) groups excluding carboxylic acids is 7. The molecule has 1 rings (SSSR count). The first-order chi connectivity index (χ1) is 21.5. The monoisotopic (exact) mass is 649 g/mol. The van der Waals surface area contributed by atoms with Gasteiger partial charge in [0.1, 0.15) is 23.7 Å². The third-order valence-electron chi connectivity index (χ3n) is 7.49. The molecule has 0 aromatic rings. The van der Waals surface area contributed by atoms with Gasteiger partial charge in [-0.2, -0.15) is 0 Å². The molecule has 0 saturated heterocycles. The van der Waals surface area contributed by atoms with Crippen LogP contribution < -0.4 is 21.3 Å². The van der Waals surface area contributed by atoms with Crippen molar-refractivity contribution in [3.8, 4) is 0 Å². The van der Waals surface area contributed by atoms with Crippen molar-refractivity contribution in [2.24, 2.45) is 11.8 Å². The summed E-state index contributed by atoms with van der Waals surface area (Å²) in [5, 5.41) is 10.9. The Morgan fingerprint density at radius 3 is 2.00 bits per heavy atom. The quantitative estimate of drug-likeness (QED) is 0.0881. The van der Waals surface area contributed by atoms with Gasteiger partial charge < -0.3 is 26.0 Å². The van der Waals surface area contributed by atoms with Crippen molar-refractivity contribution >= 4 is 41.4 Å². The van der Waals surface area contributed by atoms with Gasteiger partial charge in [0.25, 0.3) is 11.8 Å². The molecule has 0 aliphatic carbocycles. The van der Waals surface area contributed by atoms with Gasteiger partial charge in [0.2, 0.25) is 23.6 Å². The Labute approximate surface area is 273 Å². The third kappa shape index (κ3) is 15.0. The highest BCUT2D eigenvalue weighted by atomic mass is 16.6. The zero-order chi connectivity index (χ0) is 35.0. The van der Waals surface area contributed by atoms with E-state index in [0.29, 0.717) is 38.6 Å². The molecule has 0 bridgehead atoms. The Morgan fingerprint density at radius 1 is 0.804 bits per heavy atom. The molecule has 6 amide bonds. The topological polar surface area (TPSA) is 180 Å². The number of unbranched alkanes of at least 4 members (excludes halogenated alkanes) is 3. The lowest BCUT2D eigenvalue weighted by molar-refractivity contribution is -0.159. The summed E-state index contributed by atoms with van der Waals surface area (Å²) in [5.41, 5.74) is -0.768. The smallest absolute Gasteiger partial charge is 0.329 e. The highest BCUT2D eigenvalue weighted by Gasteiger charge is 2.31. The SMILES string of the molecule is CCC(C)C(=O)NCCCC[C@H](NC(=O)[C@H](C)NC(=O)[C@@H](NC(=O)CCCCCN1C(=O)C=CC1=O)C(C)C)C(=O)OC(C)(C)C. The number of nitrogens with one attached hydrogen (secondary N) is 4. The lowest BCUT2D eigenvalue weighted by Crippen LogP contribution is -2.56. The van der Waals surface area contributed by atoms with Gasteiger partial charge in [-0.3, -0.25) is 33.7 Å². The van der Waals surface area contributed by atoms with Crippen molar-refractivity contribution in [1.29, 1.82) is 0 Å². The zero-order valence-corrected chi connectivity index (χ0v) is 28.8. The maximum Gasteiger partial charge on any atom is 0.329 e. The normalized spacial score (nSPS) is 15.6. The fourth-order valence-electron chi connectivity index (χ4n) is 4.50. The molecule has 46 heavy (non-hydrogen) atoms. The molecule has 1 heterocycles.